The quantitative estimate of drug-likeness (QED) is 0.705. The molecule has 19 heavy (non-hydrogen) atoms. The highest BCUT2D eigenvalue weighted by atomic mass is 16.1. The van der Waals surface area contributed by atoms with Gasteiger partial charge in [0, 0.05) is 19.5 Å². The van der Waals surface area contributed by atoms with Crippen LogP contribution in [-0.2, 0) is 4.79 Å². The fraction of sp³-hybridized carbons (Fsp3) is 0.467. The number of nitriles is 1. The maximum atomic E-state index is 11.5. The van der Waals surface area contributed by atoms with E-state index in [9.17, 15) is 4.79 Å². The molecule has 2 N–H and O–H groups in total. The lowest BCUT2D eigenvalue weighted by atomic mass is 10.2. The minimum atomic E-state index is 0.0537. The van der Waals surface area contributed by atoms with Gasteiger partial charge in [-0.15, -0.1) is 0 Å². The van der Waals surface area contributed by atoms with Gasteiger partial charge in [0.25, 0.3) is 0 Å². The Kier molecular flexibility index (Phi) is 7.11. The maximum absolute atomic E-state index is 11.5. The molecular formula is C15H21N3O. The van der Waals surface area contributed by atoms with Crippen LogP contribution in [0.15, 0.2) is 24.3 Å². The van der Waals surface area contributed by atoms with Crippen molar-refractivity contribution in [1.82, 2.24) is 5.32 Å². The zero-order valence-electron chi connectivity index (χ0n) is 11.4. The number of hydrogen-bond acceptors (Lipinski definition) is 3. The summed E-state index contributed by atoms with van der Waals surface area (Å²) in [5.41, 5.74) is 1.38. The molecule has 0 atom stereocenters. The van der Waals surface area contributed by atoms with Gasteiger partial charge < -0.3 is 10.6 Å². The van der Waals surface area contributed by atoms with E-state index in [0.29, 0.717) is 18.5 Å². The molecule has 0 radical (unpaired) electrons. The van der Waals surface area contributed by atoms with Crippen molar-refractivity contribution in [1.29, 1.82) is 5.26 Å². The number of nitrogens with zero attached hydrogens (tertiary/aromatic N) is 1. The number of para-hydroxylation sites is 1. The van der Waals surface area contributed by atoms with Crippen molar-refractivity contribution in [3.63, 3.8) is 0 Å². The number of nitrogens with one attached hydrogen (secondary N) is 2. The Morgan fingerprint density at radius 2 is 2.05 bits per heavy atom. The normalized spacial score (nSPS) is 9.68. The van der Waals surface area contributed by atoms with E-state index in [0.717, 1.165) is 31.5 Å². The standard InChI is InChI=1S/C15H21N3O/c1-2-3-6-10-18-15(19)9-11-17-14-8-5-4-7-13(14)12-16/h4-5,7-8,17H,2-3,6,9-11H2,1H3,(H,18,19). The minimum absolute atomic E-state index is 0.0537. The molecule has 0 aromatic heterocycles. The molecule has 4 heteroatoms. The van der Waals surface area contributed by atoms with Gasteiger partial charge in [0.05, 0.1) is 11.3 Å². The lowest BCUT2D eigenvalue weighted by Crippen LogP contribution is -2.26. The van der Waals surface area contributed by atoms with E-state index in [1.165, 1.54) is 0 Å². The number of benzene rings is 1. The molecule has 0 saturated carbocycles. The zero-order chi connectivity index (χ0) is 13.9. The molecule has 4 nitrogen and oxygen atoms in total. The Balaban J connectivity index is 2.23. The number of unbranched alkanes of at least 4 members (excludes halogenated alkanes) is 2. The third-order valence-corrected chi connectivity index (χ3v) is 2.82. The number of hydrogen-bond donors (Lipinski definition) is 2. The number of rotatable bonds is 8. The highest BCUT2D eigenvalue weighted by molar-refractivity contribution is 5.76. The van der Waals surface area contributed by atoms with Crippen LogP contribution in [0.2, 0.25) is 0 Å². The topological polar surface area (TPSA) is 64.9 Å². The van der Waals surface area contributed by atoms with Crippen molar-refractivity contribution in [2.24, 2.45) is 0 Å². The molecule has 0 aliphatic rings. The minimum Gasteiger partial charge on any atom is -0.383 e. The van der Waals surface area contributed by atoms with Crippen LogP contribution in [0.1, 0.15) is 38.2 Å². The summed E-state index contributed by atoms with van der Waals surface area (Å²) >= 11 is 0. The largest absolute Gasteiger partial charge is 0.383 e. The van der Waals surface area contributed by atoms with Crippen molar-refractivity contribution in [2.75, 3.05) is 18.4 Å². The molecule has 0 saturated heterocycles. The van der Waals surface area contributed by atoms with Gasteiger partial charge in [-0.3, -0.25) is 4.79 Å². The molecule has 0 aliphatic carbocycles. The van der Waals surface area contributed by atoms with Crippen LogP contribution < -0.4 is 10.6 Å². The number of carbonyl (C=O) groups excluding carboxylic acids is 1. The first-order valence-electron chi connectivity index (χ1n) is 6.77. The number of carbonyl (C=O) groups is 1. The van der Waals surface area contributed by atoms with Gasteiger partial charge in [-0.1, -0.05) is 31.9 Å². The summed E-state index contributed by atoms with van der Waals surface area (Å²) in [6, 6.07) is 9.41. The number of anilines is 1. The van der Waals surface area contributed by atoms with Crippen molar-refractivity contribution in [2.45, 2.75) is 32.6 Å². The lowest BCUT2D eigenvalue weighted by Gasteiger charge is -2.08. The highest BCUT2D eigenvalue weighted by Gasteiger charge is 2.02. The Bertz CT molecular complexity index is 437. The Labute approximate surface area is 114 Å². The van der Waals surface area contributed by atoms with E-state index in [-0.39, 0.29) is 5.91 Å². The molecule has 1 aromatic carbocycles. The fourth-order valence-electron chi connectivity index (χ4n) is 1.74. The molecule has 0 fully saturated rings. The van der Waals surface area contributed by atoms with Crippen LogP contribution in [-0.4, -0.2) is 19.0 Å². The third-order valence-electron chi connectivity index (χ3n) is 2.82. The highest BCUT2D eigenvalue weighted by Crippen LogP contribution is 2.12. The Morgan fingerprint density at radius 3 is 2.79 bits per heavy atom. The van der Waals surface area contributed by atoms with Crippen LogP contribution >= 0.6 is 0 Å². The van der Waals surface area contributed by atoms with Crippen LogP contribution in [0.5, 0.6) is 0 Å². The second-order valence-corrected chi connectivity index (χ2v) is 4.39. The van der Waals surface area contributed by atoms with Crippen LogP contribution in [0.4, 0.5) is 5.69 Å². The molecule has 0 unspecified atom stereocenters. The SMILES string of the molecule is CCCCCNC(=O)CCNc1ccccc1C#N. The van der Waals surface area contributed by atoms with E-state index in [4.69, 9.17) is 5.26 Å². The van der Waals surface area contributed by atoms with Gasteiger partial charge in [-0.2, -0.15) is 5.26 Å². The van der Waals surface area contributed by atoms with Gasteiger partial charge in [0.1, 0.15) is 6.07 Å². The van der Waals surface area contributed by atoms with E-state index >= 15 is 0 Å². The monoisotopic (exact) mass is 259 g/mol. The van der Waals surface area contributed by atoms with E-state index in [1.807, 2.05) is 18.2 Å². The Hall–Kier alpha value is -2.02. The van der Waals surface area contributed by atoms with Crippen molar-refractivity contribution < 1.29 is 4.79 Å². The van der Waals surface area contributed by atoms with E-state index in [2.05, 4.69) is 23.6 Å². The second kappa shape index (κ2) is 8.98. The molecule has 1 amide bonds. The first-order valence-corrected chi connectivity index (χ1v) is 6.77. The predicted octanol–water partition coefficient (Wildman–Crippen LogP) is 2.67. The Morgan fingerprint density at radius 1 is 1.26 bits per heavy atom. The first kappa shape index (κ1) is 15.0. The molecular weight excluding hydrogens is 238 g/mol. The molecule has 1 aromatic rings. The van der Waals surface area contributed by atoms with Gasteiger partial charge in [0.15, 0.2) is 0 Å². The lowest BCUT2D eigenvalue weighted by molar-refractivity contribution is -0.120. The summed E-state index contributed by atoms with van der Waals surface area (Å²) in [4.78, 5) is 11.5. The first-order chi connectivity index (χ1) is 9.27. The predicted molar refractivity (Wildman–Crippen MR) is 76.8 cm³/mol. The smallest absolute Gasteiger partial charge is 0.221 e. The summed E-state index contributed by atoms with van der Waals surface area (Å²) < 4.78 is 0. The molecule has 0 bridgehead atoms. The van der Waals surface area contributed by atoms with Gasteiger partial charge in [0.2, 0.25) is 5.91 Å². The zero-order valence-corrected chi connectivity index (χ0v) is 11.4. The molecule has 0 aliphatic heterocycles. The van der Waals surface area contributed by atoms with Crippen molar-refractivity contribution >= 4 is 11.6 Å². The molecule has 102 valence electrons. The second-order valence-electron chi connectivity index (χ2n) is 4.39. The van der Waals surface area contributed by atoms with Crippen LogP contribution in [0.25, 0.3) is 0 Å². The van der Waals surface area contributed by atoms with Crippen molar-refractivity contribution in [3.8, 4) is 6.07 Å². The van der Waals surface area contributed by atoms with Crippen molar-refractivity contribution in [3.05, 3.63) is 29.8 Å². The molecule has 0 heterocycles. The van der Waals surface area contributed by atoms with Crippen LogP contribution in [0, 0.1) is 11.3 Å². The average Bonchev–Trinajstić information content (AvgIpc) is 2.44. The van der Waals surface area contributed by atoms with E-state index < -0.39 is 0 Å². The van der Waals surface area contributed by atoms with Gasteiger partial charge in [-0.05, 0) is 18.6 Å². The summed E-state index contributed by atoms with van der Waals surface area (Å²) in [6.07, 6.45) is 3.76. The molecule has 0 spiro atoms. The summed E-state index contributed by atoms with van der Waals surface area (Å²) in [5.74, 6) is 0.0537. The maximum Gasteiger partial charge on any atom is 0.221 e. The number of amides is 1. The van der Waals surface area contributed by atoms with E-state index in [1.54, 1.807) is 6.07 Å². The average molecular weight is 259 g/mol. The third kappa shape index (κ3) is 5.91. The van der Waals surface area contributed by atoms with Crippen LogP contribution in [0.3, 0.4) is 0 Å². The summed E-state index contributed by atoms with van der Waals surface area (Å²) in [6.45, 7) is 3.43. The summed E-state index contributed by atoms with van der Waals surface area (Å²) in [5, 5.41) is 14.9. The molecule has 1 rings (SSSR count). The summed E-state index contributed by atoms with van der Waals surface area (Å²) in [7, 11) is 0. The van der Waals surface area contributed by atoms with Gasteiger partial charge in [-0.25, -0.2) is 0 Å². The fourth-order valence-corrected chi connectivity index (χ4v) is 1.74. The van der Waals surface area contributed by atoms with Gasteiger partial charge >= 0.3 is 0 Å².